The topological polar surface area (TPSA) is 43.2 Å². The number of nitrogens with zero attached hydrogens (tertiary/aromatic N) is 4. The minimum atomic E-state index is 0.740. The largest absolute Gasteiger partial charge is 0.345 e. The Bertz CT molecular complexity index is 385. The van der Waals surface area contributed by atoms with Gasteiger partial charge in [0.1, 0.15) is 10.9 Å². The molecule has 1 aliphatic rings. The van der Waals surface area contributed by atoms with Gasteiger partial charge in [-0.1, -0.05) is 11.3 Å². The molecule has 4 nitrogen and oxygen atoms in total. The molecule has 2 heterocycles. The smallest absolute Gasteiger partial charge is 0.186 e. The highest BCUT2D eigenvalue weighted by Gasteiger charge is 2.18. The highest BCUT2D eigenvalue weighted by atomic mass is 32.1. The molecule has 1 aliphatic heterocycles. The van der Waals surface area contributed by atoms with Crippen LogP contribution in [0, 0.1) is 18.3 Å². The quantitative estimate of drug-likeness (QED) is 0.713. The molecular formula is C10H14N4S. The summed E-state index contributed by atoms with van der Waals surface area (Å²) in [5.74, 6) is 0. The molecule has 0 amide bonds. The SMILES string of the molecule is Cc1nc(N2CCN(C)CC2)sc1C#N. The van der Waals surface area contributed by atoms with Gasteiger partial charge < -0.3 is 9.80 Å². The van der Waals surface area contributed by atoms with E-state index in [4.69, 9.17) is 5.26 Å². The summed E-state index contributed by atoms with van der Waals surface area (Å²) in [7, 11) is 2.13. The summed E-state index contributed by atoms with van der Waals surface area (Å²) in [5, 5.41) is 9.86. The third-order valence-electron chi connectivity index (χ3n) is 2.66. The number of piperazine rings is 1. The van der Waals surface area contributed by atoms with Crippen molar-refractivity contribution >= 4 is 16.5 Å². The summed E-state index contributed by atoms with van der Waals surface area (Å²) in [6, 6.07) is 2.18. The Labute approximate surface area is 93.8 Å². The van der Waals surface area contributed by atoms with Gasteiger partial charge in [-0.25, -0.2) is 4.98 Å². The summed E-state index contributed by atoms with van der Waals surface area (Å²) in [5.41, 5.74) is 0.858. The first-order chi connectivity index (χ1) is 7.20. The molecule has 0 aromatic carbocycles. The molecule has 2 rings (SSSR count). The second kappa shape index (κ2) is 4.17. The first kappa shape index (κ1) is 10.4. The number of nitriles is 1. The van der Waals surface area contributed by atoms with Crippen LogP contribution in [-0.4, -0.2) is 43.1 Å². The molecule has 1 aromatic heterocycles. The minimum Gasteiger partial charge on any atom is -0.345 e. The van der Waals surface area contributed by atoms with Crippen molar-refractivity contribution < 1.29 is 0 Å². The molecule has 5 heteroatoms. The second-order valence-corrected chi connectivity index (χ2v) is 4.79. The van der Waals surface area contributed by atoms with E-state index in [-0.39, 0.29) is 0 Å². The van der Waals surface area contributed by atoms with Gasteiger partial charge in [0, 0.05) is 26.2 Å². The zero-order chi connectivity index (χ0) is 10.8. The van der Waals surface area contributed by atoms with Gasteiger partial charge in [0.15, 0.2) is 5.13 Å². The molecule has 15 heavy (non-hydrogen) atoms. The van der Waals surface area contributed by atoms with Crippen LogP contribution in [0.1, 0.15) is 10.6 Å². The predicted molar refractivity (Wildman–Crippen MR) is 61.3 cm³/mol. The fraction of sp³-hybridized carbons (Fsp3) is 0.600. The summed E-state index contributed by atoms with van der Waals surface area (Å²) in [4.78, 5) is 9.74. The Balaban J connectivity index is 2.13. The van der Waals surface area contributed by atoms with Crippen LogP contribution in [0.4, 0.5) is 5.13 Å². The van der Waals surface area contributed by atoms with Crippen LogP contribution in [0.25, 0.3) is 0 Å². The van der Waals surface area contributed by atoms with E-state index in [2.05, 4.69) is 27.9 Å². The zero-order valence-corrected chi connectivity index (χ0v) is 9.84. The maximum Gasteiger partial charge on any atom is 0.186 e. The summed E-state index contributed by atoms with van der Waals surface area (Å²) in [6.45, 7) is 6.05. The van der Waals surface area contributed by atoms with Crippen molar-refractivity contribution in [1.29, 1.82) is 5.26 Å². The van der Waals surface area contributed by atoms with Gasteiger partial charge >= 0.3 is 0 Å². The Morgan fingerprint density at radius 2 is 2.00 bits per heavy atom. The average molecular weight is 222 g/mol. The minimum absolute atomic E-state index is 0.740. The van der Waals surface area contributed by atoms with Crippen molar-refractivity contribution in [1.82, 2.24) is 9.88 Å². The number of anilines is 1. The Hall–Kier alpha value is -1.12. The van der Waals surface area contributed by atoms with Gasteiger partial charge in [-0.05, 0) is 14.0 Å². The van der Waals surface area contributed by atoms with Crippen molar-refractivity contribution in [3.05, 3.63) is 10.6 Å². The molecule has 1 saturated heterocycles. The average Bonchev–Trinajstić information content (AvgIpc) is 2.61. The highest BCUT2D eigenvalue weighted by Crippen LogP contribution is 2.25. The molecule has 0 N–H and O–H groups in total. The third-order valence-corrected chi connectivity index (χ3v) is 3.78. The number of likely N-dealkylation sites (N-methyl/N-ethyl adjacent to an activating group) is 1. The molecular weight excluding hydrogens is 208 g/mol. The molecule has 80 valence electrons. The maximum atomic E-state index is 8.87. The summed E-state index contributed by atoms with van der Waals surface area (Å²) < 4.78 is 0. The maximum absolute atomic E-state index is 8.87. The fourth-order valence-corrected chi connectivity index (χ4v) is 2.53. The van der Waals surface area contributed by atoms with E-state index in [0.29, 0.717) is 0 Å². The summed E-state index contributed by atoms with van der Waals surface area (Å²) >= 11 is 1.50. The number of hydrogen-bond donors (Lipinski definition) is 0. The van der Waals surface area contributed by atoms with Crippen LogP contribution in [0.2, 0.25) is 0 Å². The monoisotopic (exact) mass is 222 g/mol. The van der Waals surface area contributed by atoms with E-state index in [0.717, 1.165) is 41.9 Å². The van der Waals surface area contributed by atoms with Gasteiger partial charge in [0.2, 0.25) is 0 Å². The van der Waals surface area contributed by atoms with E-state index >= 15 is 0 Å². The van der Waals surface area contributed by atoms with Crippen molar-refractivity contribution in [3.63, 3.8) is 0 Å². The van der Waals surface area contributed by atoms with Gasteiger partial charge in [-0.15, -0.1) is 0 Å². The highest BCUT2D eigenvalue weighted by molar-refractivity contribution is 7.16. The van der Waals surface area contributed by atoms with E-state index < -0.39 is 0 Å². The first-order valence-corrected chi connectivity index (χ1v) is 5.83. The van der Waals surface area contributed by atoms with Crippen LogP contribution < -0.4 is 4.90 Å². The Morgan fingerprint density at radius 3 is 2.53 bits per heavy atom. The lowest BCUT2D eigenvalue weighted by atomic mass is 10.3. The van der Waals surface area contributed by atoms with Crippen molar-refractivity contribution in [2.75, 3.05) is 38.1 Å². The lowest BCUT2D eigenvalue weighted by molar-refractivity contribution is 0.312. The second-order valence-electron chi connectivity index (χ2n) is 3.81. The molecule has 0 atom stereocenters. The van der Waals surface area contributed by atoms with E-state index in [9.17, 15) is 0 Å². The number of aromatic nitrogens is 1. The van der Waals surface area contributed by atoms with E-state index in [1.54, 1.807) is 0 Å². The Kier molecular flexibility index (Phi) is 2.89. The molecule has 0 bridgehead atoms. The molecule has 1 aromatic rings. The molecule has 0 spiro atoms. The fourth-order valence-electron chi connectivity index (χ4n) is 1.62. The lowest BCUT2D eigenvalue weighted by Gasteiger charge is -2.32. The molecule has 0 saturated carbocycles. The van der Waals surface area contributed by atoms with Crippen molar-refractivity contribution in [2.45, 2.75) is 6.92 Å². The van der Waals surface area contributed by atoms with Crippen LogP contribution in [0.3, 0.4) is 0 Å². The summed E-state index contributed by atoms with van der Waals surface area (Å²) in [6.07, 6.45) is 0. The number of rotatable bonds is 1. The Morgan fingerprint density at radius 1 is 1.33 bits per heavy atom. The normalized spacial score (nSPS) is 17.8. The van der Waals surface area contributed by atoms with Gasteiger partial charge in [0.05, 0.1) is 5.69 Å². The van der Waals surface area contributed by atoms with Crippen molar-refractivity contribution in [2.24, 2.45) is 0 Å². The number of thiazole rings is 1. The van der Waals surface area contributed by atoms with Crippen LogP contribution in [0.15, 0.2) is 0 Å². The van der Waals surface area contributed by atoms with Gasteiger partial charge in [-0.3, -0.25) is 0 Å². The predicted octanol–water partition coefficient (Wildman–Crippen LogP) is 1.07. The third kappa shape index (κ3) is 2.11. The van der Waals surface area contributed by atoms with E-state index in [1.165, 1.54) is 11.3 Å². The van der Waals surface area contributed by atoms with Gasteiger partial charge in [0.25, 0.3) is 0 Å². The number of aryl methyl sites for hydroxylation is 1. The lowest BCUT2D eigenvalue weighted by Crippen LogP contribution is -2.44. The molecule has 0 radical (unpaired) electrons. The standard InChI is InChI=1S/C10H14N4S/c1-8-9(7-11)15-10(12-8)14-5-3-13(2)4-6-14/h3-6H2,1-2H3. The number of hydrogen-bond acceptors (Lipinski definition) is 5. The van der Waals surface area contributed by atoms with E-state index in [1.807, 2.05) is 6.92 Å². The van der Waals surface area contributed by atoms with Crippen LogP contribution in [0.5, 0.6) is 0 Å². The molecule has 1 fully saturated rings. The van der Waals surface area contributed by atoms with Crippen LogP contribution >= 0.6 is 11.3 Å². The van der Waals surface area contributed by atoms with Crippen molar-refractivity contribution in [3.8, 4) is 6.07 Å². The molecule has 0 aliphatic carbocycles. The first-order valence-electron chi connectivity index (χ1n) is 5.01. The van der Waals surface area contributed by atoms with Crippen LogP contribution in [-0.2, 0) is 0 Å². The molecule has 0 unspecified atom stereocenters. The zero-order valence-electron chi connectivity index (χ0n) is 9.03. The van der Waals surface area contributed by atoms with Gasteiger partial charge in [-0.2, -0.15) is 5.26 Å².